The highest BCUT2D eigenvalue weighted by Gasteiger charge is 2.21. The summed E-state index contributed by atoms with van der Waals surface area (Å²) in [6, 6.07) is 0.890. The molecular formula is C13H28Cl2N2. The average Bonchev–Trinajstić information content (AvgIpc) is 2.31. The third kappa shape index (κ3) is 5.78. The van der Waals surface area contributed by atoms with Gasteiger partial charge in [-0.15, -0.1) is 24.8 Å². The lowest BCUT2D eigenvalue weighted by molar-refractivity contribution is 0.155. The van der Waals surface area contributed by atoms with Crippen molar-refractivity contribution in [1.29, 1.82) is 0 Å². The summed E-state index contributed by atoms with van der Waals surface area (Å²) < 4.78 is 0. The highest BCUT2D eigenvalue weighted by atomic mass is 35.5. The van der Waals surface area contributed by atoms with E-state index in [4.69, 9.17) is 0 Å². The van der Waals surface area contributed by atoms with Crippen molar-refractivity contribution < 1.29 is 0 Å². The molecular weight excluding hydrogens is 255 g/mol. The summed E-state index contributed by atoms with van der Waals surface area (Å²) in [7, 11) is 2.34. The molecule has 2 nitrogen and oxygen atoms in total. The Labute approximate surface area is 119 Å². The summed E-state index contributed by atoms with van der Waals surface area (Å²) in [6.07, 6.45) is 10.1. The predicted octanol–water partition coefficient (Wildman–Crippen LogP) is 3.09. The lowest BCUT2D eigenvalue weighted by Crippen LogP contribution is -2.41. The normalized spacial score (nSPS) is 26.1. The van der Waals surface area contributed by atoms with Crippen molar-refractivity contribution in [3.05, 3.63) is 0 Å². The zero-order valence-electron chi connectivity index (χ0n) is 11.0. The van der Waals surface area contributed by atoms with Crippen LogP contribution in [0.5, 0.6) is 0 Å². The quantitative estimate of drug-likeness (QED) is 0.856. The summed E-state index contributed by atoms with van der Waals surface area (Å²) >= 11 is 0. The van der Waals surface area contributed by atoms with Gasteiger partial charge >= 0.3 is 0 Å². The van der Waals surface area contributed by atoms with Gasteiger partial charge in [0, 0.05) is 12.6 Å². The molecule has 1 saturated heterocycles. The second-order valence-corrected chi connectivity index (χ2v) is 5.44. The maximum absolute atomic E-state index is 3.52. The van der Waals surface area contributed by atoms with Crippen molar-refractivity contribution in [2.45, 2.75) is 51.0 Å². The predicted molar refractivity (Wildman–Crippen MR) is 79.6 cm³/mol. The van der Waals surface area contributed by atoms with Crippen LogP contribution in [0.4, 0.5) is 0 Å². The molecule has 0 amide bonds. The minimum absolute atomic E-state index is 0. The van der Waals surface area contributed by atoms with Crippen molar-refractivity contribution >= 4 is 24.8 Å². The summed E-state index contributed by atoms with van der Waals surface area (Å²) in [4.78, 5) is 2.64. The Hall–Kier alpha value is 0.500. The summed E-state index contributed by atoms with van der Waals surface area (Å²) in [6.45, 7) is 3.80. The average molecular weight is 283 g/mol. The third-order valence-corrected chi connectivity index (χ3v) is 4.14. The molecule has 0 radical (unpaired) electrons. The van der Waals surface area contributed by atoms with E-state index in [0.29, 0.717) is 0 Å². The Morgan fingerprint density at radius 2 is 1.71 bits per heavy atom. The van der Waals surface area contributed by atoms with E-state index in [1.165, 1.54) is 64.6 Å². The summed E-state index contributed by atoms with van der Waals surface area (Å²) in [5, 5.41) is 3.52. The molecule has 104 valence electrons. The molecule has 0 bridgehead atoms. The van der Waals surface area contributed by atoms with Gasteiger partial charge in [0.25, 0.3) is 0 Å². The summed E-state index contributed by atoms with van der Waals surface area (Å²) in [5.41, 5.74) is 0. The number of nitrogens with zero attached hydrogens (tertiary/aromatic N) is 1. The molecule has 1 aliphatic heterocycles. The van der Waals surface area contributed by atoms with Crippen molar-refractivity contribution in [2.24, 2.45) is 5.92 Å². The maximum atomic E-state index is 3.52. The largest absolute Gasteiger partial charge is 0.316 e. The van der Waals surface area contributed by atoms with Crippen LogP contribution >= 0.6 is 24.8 Å². The molecule has 1 saturated carbocycles. The first-order valence-electron chi connectivity index (χ1n) is 6.77. The van der Waals surface area contributed by atoms with E-state index >= 15 is 0 Å². The number of hydrogen-bond acceptors (Lipinski definition) is 2. The van der Waals surface area contributed by atoms with E-state index in [1.54, 1.807) is 0 Å². The first-order valence-corrected chi connectivity index (χ1v) is 6.77. The molecule has 4 heteroatoms. The second kappa shape index (κ2) is 9.43. The Bertz CT molecular complexity index is 178. The monoisotopic (exact) mass is 282 g/mol. The zero-order chi connectivity index (χ0) is 10.5. The van der Waals surface area contributed by atoms with Crippen LogP contribution < -0.4 is 5.32 Å². The van der Waals surface area contributed by atoms with Crippen molar-refractivity contribution in [1.82, 2.24) is 10.2 Å². The van der Waals surface area contributed by atoms with Gasteiger partial charge in [-0.05, 0) is 51.7 Å². The second-order valence-electron chi connectivity index (χ2n) is 5.44. The van der Waals surface area contributed by atoms with Gasteiger partial charge in [0.15, 0.2) is 0 Å². The van der Waals surface area contributed by atoms with Crippen LogP contribution in [-0.2, 0) is 0 Å². The molecule has 1 aliphatic carbocycles. The molecule has 1 atom stereocenters. The molecule has 0 spiro atoms. The van der Waals surface area contributed by atoms with Gasteiger partial charge in [-0.2, -0.15) is 0 Å². The lowest BCUT2D eigenvalue weighted by atomic mass is 9.92. The Kier molecular flexibility index (Phi) is 9.71. The highest BCUT2D eigenvalue weighted by molar-refractivity contribution is 5.85. The van der Waals surface area contributed by atoms with E-state index in [9.17, 15) is 0 Å². The molecule has 2 aliphatic rings. The van der Waals surface area contributed by atoms with E-state index in [1.807, 2.05) is 0 Å². The highest BCUT2D eigenvalue weighted by Crippen LogP contribution is 2.23. The van der Waals surface area contributed by atoms with Gasteiger partial charge in [-0.1, -0.05) is 19.3 Å². The van der Waals surface area contributed by atoms with Gasteiger partial charge in [-0.3, -0.25) is 0 Å². The van der Waals surface area contributed by atoms with Crippen LogP contribution in [0.3, 0.4) is 0 Å². The molecule has 0 aromatic rings. The zero-order valence-corrected chi connectivity index (χ0v) is 12.6. The number of rotatable bonds is 3. The molecule has 0 aromatic heterocycles. The molecule has 0 aromatic carbocycles. The van der Waals surface area contributed by atoms with Gasteiger partial charge in [0.05, 0.1) is 0 Å². The fraction of sp³-hybridized carbons (Fsp3) is 1.00. The van der Waals surface area contributed by atoms with Gasteiger partial charge in [0.1, 0.15) is 0 Å². The van der Waals surface area contributed by atoms with Crippen LogP contribution in [0.2, 0.25) is 0 Å². The fourth-order valence-corrected chi connectivity index (χ4v) is 3.16. The fourth-order valence-electron chi connectivity index (χ4n) is 3.16. The number of piperidine rings is 1. The van der Waals surface area contributed by atoms with Crippen molar-refractivity contribution in [2.75, 3.05) is 26.7 Å². The van der Waals surface area contributed by atoms with Gasteiger partial charge < -0.3 is 10.2 Å². The first-order chi connectivity index (χ1) is 7.36. The molecule has 2 fully saturated rings. The topological polar surface area (TPSA) is 15.3 Å². The van der Waals surface area contributed by atoms with E-state index in [2.05, 4.69) is 17.3 Å². The van der Waals surface area contributed by atoms with Crippen molar-refractivity contribution in [3.63, 3.8) is 0 Å². The van der Waals surface area contributed by atoms with Gasteiger partial charge in [0.2, 0.25) is 0 Å². The molecule has 1 N–H and O–H groups in total. The van der Waals surface area contributed by atoms with Crippen LogP contribution in [0, 0.1) is 5.92 Å². The van der Waals surface area contributed by atoms with Crippen LogP contribution in [-0.4, -0.2) is 37.6 Å². The van der Waals surface area contributed by atoms with Crippen molar-refractivity contribution in [3.8, 4) is 0 Å². The molecule has 2 rings (SSSR count). The van der Waals surface area contributed by atoms with Crippen LogP contribution in [0.1, 0.15) is 44.9 Å². The number of halogens is 2. The Balaban J connectivity index is 0.00000128. The maximum Gasteiger partial charge on any atom is 0.00923 e. The van der Waals surface area contributed by atoms with E-state index in [-0.39, 0.29) is 24.8 Å². The number of nitrogens with one attached hydrogen (secondary N) is 1. The van der Waals surface area contributed by atoms with Gasteiger partial charge in [-0.25, -0.2) is 0 Å². The Morgan fingerprint density at radius 1 is 1.00 bits per heavy atom. The van der Waals surface area contributed by atoms with E-state index < -0.39 is 0 Å². The smallest absolute Gasteiger partial charge is 0.00923 e. The van der Waals surface area contributed by atoms with E-state index in [0.717, 1.165) is 12.0 Å². The Morgan fingerprint density at radius 3 is 2.29 bits per heavy atom. The first kappa shape index (κ1) is 17.5. The van der Waals surface area contributed by atoms with Crippen LogP contribution in [0.15, 0.2) is 0 Å². The molecule has 1 unspecified atom stereocenters. The minimum atomic E-state index is 0. The minimum Gasteiger partial charge on any atom is -0.316 e. The lowest BCUT2D eigenvalue weighted by Gasteiger charge is -2.35. The van der Waals surface area contributed by atoms with Crippen LogP contribution in [0.25, 0.3) is 0 Å². The molecule has 1 heterocycles. The summed E-state index contributed by atoms with van der Waals surface area (Å²) in [5.74, 6) is 0.908. The SMILES string of the molecule is CN(CC1CCCNC1)C1CCCCC1.Cl.Cl. The third-order valence-electron chi connectivity index (χ3n) is 4.14. The molecule has 17 heavy (non-hydrogen) atoms. The number of hydrogen-bond donors (Lipinski definition) is 1. The standard InChI is InChI=1S/C13H26N2.2ClH/c1-15(13-7-3-2-4-8-13)11-12-6-5-9-14-10-12;;/h12-14H,2-11H2,1H3;2*1H.